The number of ether oxygens (including phenoxy) is 2. The monoisotopic (exact) mass is 350 g/mol. The van der Waals surface area contributed by atoms with Gasteiger partial charge in [0.1, 0.15) is 12.6 Å². The van der Waals surface area contributed by atoms with E-state index in [9.17, 15) is 18.0 Å². The zero-order chi connectivity index (χ0) is 17.8. The van der Waals surface area contributed by atoms with Crippen LogP contribution in [0, 0.1) is 11.8 Å². The Balaban J connectivity index is 3.02. The van der Waals surface area contributed by atoms with Crippen LogP contribution in [0.5, 0.6) is 0 Å². The normalized spacial score (nSPS) is 21.2. The fourth-order valence-corrected chi connectivity index (χ4v) is 3.98. The van der Waals surface area contributed by atoms with Gasteiger partial charge in [-0.2, -0.15) is 17.4 Å². The van der Waals surface area contributed by atoms with Crippen LogP contribution >= 0.6 is 0 Å². The number of hydrogen-bond donors (Lipinski definition) is 1. The summed E-state index contributed by atoms with van der Waals surface area (Å²) in [7, 11) is -3.01. The van der Waals surface area contributed by atoms with Crippen molar-refractivity contribution in [3.05, 3.63) is 0 Å². The first-order valence-electron chi connectivity index (χ1n) is 7.70. The number of amides is 1. The summed E-state index contributed by atoms with van der Waals surface area (Å²) in [4.78, 5) is 23.7. The second-order valence-corrected chi connectivity index (χ2v) is 7.74. The topological polar surface area (TPSA) is 102 Å². The molecule has 0 aromatic carbocycles. The Bertz CT molecular complexity index is 533. The Morgan fingerprint density at radius 2 is 2.04 bits per heavy atom. The molecule has 1 unspecified atom stereocenters. The van der Waals surface area contributed by atoms with Crippen molar-refractivity contribution < 1.29 is 27.5 Å². The van der Waals surface area contributed by atoms with E-state index in [1.807, 2.05) is 20.8 Å². The third-order valence-corrected chi connectivity index (χ3v) is 5.37. The van der Waals surface area contributed by atoms with E-state index in [-0.39, 0.29) is 18.4 Å². The molecule has 0 aromatic rings. The highest BCUT2D eigenvalue weighted by Crippen LogP contribution is 2.23. The van der Waals surface area contributed by atoms with Crippen molar-refractivity contribution >= 4 is 22.3 Å². The number of nitrogens with one attached hydrogen (secondary N) is 1. The Hall–Kier alpha value is -1.35. The van der Waals surface area contributed by atoms with Gasteiger partial charge in [-0.05, 0) is 18.3 Å². The van der Waals surface area contributed by atoms with Crippen LogP contribution in [0.3, 0.4) is 0 Å². The lowest BCUT2D eigenvalue weighted by atomic mass is 10.0. The van der Waals surface area contributed by atoms with Gasteiger partial charge in [0.15, 0.2) is 0 Å². The van der Waals surface area contributed by atoms with Crippen molar-refractivity contribution in [3.63, 3.8) is 0 Å². The summed E-state index contributed by atoms with van der Waals surface area (Å²) in [6.45, 7) is 7.44. The Morgan fingerprint density at radius 1 is 1.43 bits per heavy atom. The summed E-state index contributed by atoms with van der Waals surface area (Å²) in [5.41, 5.74) is 0. The zero-order valence-electron chi connectivity index (χ0n) is 14.2. The minimum atomic E-state index is -4.21. The maximum atomic E-state index is 12.6. The van der Waals surface area contributed by atoms with Crippen molar-refractivity contribution in [1.82, 2.24) is 9.03 Å². The van der Waals surface area contributed by atoms with E-state index >= 15 is 0 Å². The van der Waals surface area contributed by atoms with E-state index in [0.717, 1.165) is 0 Å². The van der Waals surface area contributed by atoms with E-state index < -0.39 is 34.4 Å². The van der Waals surface area contributed by atoms with E-state index in [4.69, 9.17) is 4.74 Å². The molecule has 0 aliphatic carbocycles. The van der Waals surface area contributed by atoms with Gasteiger partial charge in [0.25, 0.3) is 0 Å². The van der Waals surface area contributed by atoms with E-state index in [0.29, 0.717) is 17.1 Å². The third-order valence-electron chi connectivity index (χ3n) is 3.86. The zero-order valence-corrected chi connectivity index (χ0v) is 15.1. The summed E-state index contributed by atoms with van der Waals surface area (Å²) in [5.74, 6) is -0.770. The second kappa shape index (κ2) is 7.96. The van der Waals surface area contributed by atoms with Gasteiger partial charge in [0, 0.05) is 0 Å². The second-order valence-electron chi connectivity index (χ2n) is 6.17. The molecular formula is C14H26N2O6S. The summed E-state index contributed by atoms with van der Waals surface area (Å²) < 4.78 is 37.7. The van der Waals surface area contributed by atoms with Gasteiger partial charge in [-0.25, -0.2) is 4.79 Å². The number of carbonyl (C=O) groups excluding carboxylic acids is 2. The quantitative estimate of drug-likeness (QED) is 0.662. The van der Waals surface area contributed by atoms with Gasteiger partial charge in [0.2, 0.25) is 0 Å². The predicted molar refractivity (Wildman–Crippen MR) is 83.7 cm³/mol. The molecule has 1 N–H and O–H groups in total. The molecule has 0 aromatic heterocycles. The van der Waals surface area contributed by atoms with Gasteiger partial charge in [-0.3, -0.25) is 4.79 Å². The van der Waals surface area contributed by atoms with Crippen molar-refractivity contribution in [1.29, 1.82) is 0 Å². The average molecular weight is 350 g/mol. The first-order chi connectivity index (χ1) is 10.6. The van der Waals surface area contributed by atoms with Crippen LogP contribution in [0.1, 0.15) is 40.5 Å². The largest absolute Gasteiger partial charge is 0.468 e. The summed E-state index contributed by atoms with van der Waals surface area (Å²) in [6, 6.07) is -1.63. The first kappa shape index (κ1) is 19.7. The van der Waals surface area contributed by atoms with E-state index in [1.54, 1.807) is 6.92 Å². The maximum Gasteiger partial charge on any atom is 0.425 e. The molecule has 1 fully saturated rings. The molecule has 1 saturated heterocycles. The fourth-order valence-electron chi connectivity index (χ4n) is 2.43. The molecule has 3 atom stereocenters. The molecule has 23 heavy (non-hydrogen) atoms. The number of methoxy groups -OCH3 is 1. The molecular weight excluding hydrogens is 324 g/mol. The molecule has 1 amide bonds. The number of hydrogen-bond acceptors (Lipinski definition) is 6. The Morgan fingerprint density at radius 3 is 2.52 bits per heavy atom. The summed E-state index contributed by atoms with van der Waals surface area (Å²) in [6.07, 6.45) is 0.136. The number of rotatable bonds is 8. The summed E-state index contributed by atoms with van der Waals surface area (Å²) in [5, 5.41) is 0. The molecule has 134 valence electrons. The highest BCUT2D eigenvalue weighted by Gasteiger charge is 2.44. The minimum absolute atomic E-state index is 0.0180. The molecule has 0 spiro atoms. The molecule has 1 heterocycles. The van der Waals surface area contributed by atoms with Gasteiger partial charge in [0.05, 0.1) is 13.2 Å². The SMILES string of the molecule is CCC(C)[C@H](NS(=O)(=O)N1C(=O)OC[C@@H]1CC(C)C)C(=O)OC. The van der Waals surface area contributed by atoms with Crippen molar-refractivity contribution in [2.45, 2.75) is 52.6 Å². The van der Waals surface area contributed by atoms with Crippen molar-refractivity contribution in [2.24, 2.45) is 11.8 Å². The Labute approximate surface area is 137 Å². The molecule has 9 heteroatoms. The Kier molecular flexibility index (Phi) is 6.82. The number of esters is 1. The first-order valence-corrected chi connectivity index (χ1v) is 9.14. The van der Waals surface area contributed by atoms with Gasteiger partial charge < -0.3 is 9.47 Å². The highest BCUT2D eigenvalue weighted by atomic mass is 32.2. The molecule has 1 rings (SSSR count). The van der Waals surface area contributed by atoms with Crippen LogP contribution in [0.25, 0.3) is 0 Å². The number of nitrogens with zero attached hydrogens (tertiary/aromatic N) is 1. The third kappa shape index (κ3) is 4.81. The van der Waals surface area contributed by atoms with E-state index in [2.05, 4.69) is 9.46 Å². The lowest BCUT2D eigenvalue weighted by molar-refractivity contribution is -0.143. The lowest BCUT2D eigenvalue weighted by Gasteiger charge is -2.27. The summed E-state index contributed by atoms with van der Waals surface area (Å²) >= 11 is 0. The number of cyclic esters (lactones) is 1. The van der Waals surface area contributed by atoms with Crippen LogP contribution in [0.15, 0.2) is 0 Å². The van der Waals surface area contributed by atoms with Gasteiger partial charge >= 0.3 is 22.3 Å². The van der Waals surface area contributed by atoms with Gasteiger partial charge in [-0.1, -0.05) is 34.1 Å². The van der Waals surface area contributed by atoms with Crippen molar-refractivity contribution in [2.75, 3.05) is 13.7 Å². The highest BCUT2D eigenvalue weighted by molar-refractivity contribution is 7.87. The lowest BCUT2D eigenvalue weighted by Crippen LogP contribution is -2.53. The predicted octanol–water partition coefficient (Wildman–Crippen LogP) is 1.28. The molecule has 0 radical (unpaired) electrons. The van der Waals surface area contributed by atoms with Crippen LogP contribution in [0.2, 0.25) is 0 Å². The molecule has 1 aliphatic heterocycles. The molecule has 0 saturated carbocycles. The minimum Gasteiger partial charge on any atom is -0.468 e. The average Bonchev–Trinajstić information content (AvgIpc) is 2.83. The standard InChI is InChI=1S/C14H26N2O6S/c1-6-10(4)12(13(17)21-5)15-23(19,20)16-11(7-9(2)3)8-22-14(16)18/h9-12,15H,6-8H2,1-5H3/t10?,11-,12-/m0/s1. The van der Waals surface area contributed by atoms with Crippen LogP contribution in [-0.4, -0.2) is 50.6 Å². The fraction of sp³-hybridized carbons (Fsp3) is 0.857. The van der Waals surface area contributed by atoms with E-state index in [1.165, 1.54) is 7.11 Å². The smallest absolute Gasteiger partial charge is 0.425 e. The molecule has 8 nitrogen and oxygen atoms in total. The number of carbonyl (C=O) groups is 2. The van der Waals surface area contributed by atoms with Crippen LogP contribution in [0.4, 0.5) is 4.79 Å². The van der Waals surface area contributed by atoms with Crippen LogP contribution < -0.4 is 4.72 Å². The van der Waals surface area contributed by atoms with Crippen molar-refractivity contribution in [3.8, 4) is 0 Å². The molecule has 0 bridgehead atoms. The molecule has 1 aliphatic rings. The van der Waals surface area contributed by atoms with Crippen LogP contribution in [-0.2, 0) is 24.5 Å². The maximum absolute atomic E-state index is 12.6. The van der Waals surface area contributed by atoms with Gasteiger partial charge in [-0.15, -0.1) is 0 Å².